The van der Waals surface area contributed by atoms with E-state index in [4.69, 9.17) is 9.47 Å². The topological polar surface area (TPSA) is 76.5 Å². The summed E-state index contributed by atoms with van der Waals surface area (Å²) < 4.78 is 29.4. The molecule has 2 aliphatic rings. The molecule has 0 radical (unpaired) electrons. The summed E-state index contributed by atoms with van der Waals surface area (Å²) in [5.41, 5.74) is 4.21. The number of ether oxygens (including phenoxy) is 2. The Hall–Kier alpha value is -1.88. The van der Waals surface area contributed by atoms with Crippen molar-refractivity contribution < 1.29 is 9.47 Å². The van der Waals surface area contributed by atoms with E-state index in [9.17, 15) is 0 Å². The molecule has 8 nitrogen and oxygen atoms in total. The van der Waals surface area contributed by atoms with Crippen LogP contribution < -0.4 is 9.47 Å². The highest BCUT2D eigenvalue weighted by molar-refractivity contribution is 6.99. The zero-order valence-corrected chi connectivity index (χ0v) is 19.2. The lowest BCUT2D eigenvalue weighted by Gasteiger charge is -2.22. The summed E-state index contributed by atoms with van der Waals surface area (Å²) in [4.78, 5) is 4.58. The van der Waals surface area contributed by atoms with E-state index in [1.807, 2.05) is 0 Å². The molecule has 162 valence electrons. The second kappa shape index (κ2) is 10.4. The molecule has 4 rings (SSSR count). The molecule has 2 aliphatic heterocycles. The number of aromatic nitrogens is 4. The number of unbranched alkanes of at least 4 members (excludes halogenated alkanes) is 1. The van der Waals surface area contributed by atoms with Gasteiger partial charge < -0.3 is 19.3 Å². The van der Waals surface area contributed by atoms with Crippen LogP contribution in [0, 0.1) is 0 Å². The van der Waals surface area contributed by atoms with Gasteiger partial charge in [0.05, 0.1) is 36.7 Å². The Morgan fingerprint density at radius 3 is 1.67 bits per heavy atom. The fourth-order valence-corrected chi connectivity index (χ4v) is 4.68. The van der Waals surface area contributed by atoms with Crippen molar-refractivity contribution in [3.8, 4) is 11.8 Å². The third kappa shape index (κ3) is 5.42. The maximum Gasteiger partial charge on any atom is 0.253 e. The van der Waals surface area contributed by atoms with Crippen LogP contribution in [0.25, 0.3) is 11.1 Å². The number of nitrogens with zero attached hydrogens (tertiary/aromatic N) is 6. The molecule has 0 atom stereocenters. The molecule has 2 aromatic rings. The molecule has 0 fully saturated rings. The summed E-state index contributed by atoms with van der Waals surface area (Å²) in [5.74, 6) is 1.31. The summed E-state index contributed by atoms with van der Waals surface area (Å²) in [7, 11) is 4.25. The monoisotopic (exact) mass is 448 g/mol. The lowest BCUT2D eigenvalue weighted by atomic mass is 10.1. The largest absolute Gasteiger partial charge is 0.475 e. The molecule has 30 heavy (non-hydrogen) atoms. The highest BCUT2D eigenvalue weighted by atomic mass is 32.1. The number of rotatable bonds is 9. The van der Waals surface area contributed by atoms with Crippen LogP contribution in [-0.2, 0) is 0 Å². The van der Waals surface area contributed by atoms with Crippen LogP contribution in [0.5, 0.6) is 11.8 Å². The van der Waals surface area contributed by atoms with E-state index in [-0.39, 0.29) is 0 Å². The molecular formula is C20H28N6O2S2. The predicted octanol–water partition coefficient (Wildman–Crippen LogP) is 3.07. The highest BCUT2D eigenvalue weighted by Gasteiger charge is 2.19. The standard InChI is InChI=1S/C20H28N6O2S2/c1-25-9-5-7-15(13-25)17-19(23-29-21-17)27-11-3-4-12-28-20-18(22-30-24-20)16-8-6-10-26(2)14-16/h7-8H,3-6,9-14H2,1-2H3. The Kier molecular flexibility index (Phi) is 7.42. The smallest absolute Gasteiger partial charge is 0.253 e. The normalized spacial score (nSPS) is 18.2. The lowest BCUT2D eigenvalue weighted by Crippen LogP contribution is -2.25. The number of likely N-dealkylation sites (N-methyl/N-ethyl adjacent to an activating group) is 2. The third-order valence-corrected chi connectivity index (χ3v) is 6.25. The van der Waals surface area contributed by atoms with Gasteiger partial charge in [0.2, 0.25) is 0 Å². The van der Waals surface area contributed by atoms with Crippen LogP contribution in [0.15, 0.2) is 12.2 Å². The zero-order chi connectivity index (χ0) is 20.8. The maximum absolute atomic E-state index is 5.91. The van der Waals surface area contributed by atoms with E-state index in [1.165, 1.54) is 34.6 Å². The summed E-state index contributed by atoms with van der Waals surface area (Å²) in [5, 5.41) is 0. The quantitative estimate of drug-likeness (QED) is 0.542. The molecule has 0 aliphatic carbocycles. The summed E-state index contributed by atoms with van der Waals surface area (Å²) in [6, 6.07) is 0. The highest BCUT2D eigenvalue weighted by Crippen LogP contribution is 2.28. The van der Waals surface area contributed by atoms with Gasteiger partial charge in [-0.25, -0.2) is 0 Å². The van der Waals surface area contributed by atoms with E-state index >= 15 is 0 Å². The number of hydrogen-bond acceptors (Lipinski definition) is 10. The molecule has 4 heterocycles. The van der Waals surface area contributed by atoms with E-state index in [0.29, 0.717) is 25.0 Å². The molecule has 0 saturated carbocycles. The average molecular weight is 449 g/mol. The van der Waals surface area contributed by atoms with Crippen LogP contribution in [0.2, 0.25) is 0 Å². The summed E-state index contributed by atoms with van der Waals surface area (Å²) in [6.07, 6.45) is 8.34. The second-order valence-electron chi connectivity index (χ2n) is 7.75. The van der Waals surface area contributed by atoms with Crippen molar-refractivity contribution in [3.63, 3.8) is 0 Å². The Morgan fingerprint density at radius 2 is 1.23 bits per heavy atom. The number of hydrogen-bond donors (Lipinski definition) is 0. The molecule has 0 amide bonds. The van der Waals surface area contributed by atoms with Gasteiger partial charge in [-0.05, 0) is 50.9 Å². The van der Waals surface area contributed by atoms with E-state index in [1.54, 1.807) is 0 Å². The molecule has 10 heteroatoms. The van der Waals surface area contributed by atoms with Gasteiger partial charge in [-0.2, -0.15) is 8.75 Å². The van der Waals surface area contributed by atoms with Gasteiger partial charge in [0, 0.05) is 26.2 Å². The lowest BCUT2D eigenvalue weighted by molar-refractivity contribution is 0.257. The maximum atomic E-state index is 5.91. The van der Waals surface area contributed by atoms with E-state index in [2.05, 4.69) is 53.5 Å². The van der Waals surface area contributed by atoms with Crippen molar-refractivity contribution in [1.29, 1.82) is 0 Å². The fourth-order valence-electron chi connectivity index (χ4n) is 3.61. The van der Waals surface area contributed by atoms with Crippen molar-refractivity contribution in [1.82, 2.24) is 27.3 Å². The van der Waals surface area contributed by atoms with Gasteiger partial charge >= 0.3 is 0 Å². The Labute approximate surface area is 185 Å². The molecule has 0 bridgehead atoms. The van der Waals surface area contributed by atoms with Crippen LogP contribution in [0.3, 0.4) is 0 Å². The van der Waals surface area contributed by atoms with Gasteiger partial charge in [-0.1, -0.05) is 12.2 Å². The van der Waals surface area contributed by atoms with Crippen molar-refractivity contribution in [3.05, 3.63) is 23.5 Å². The minimum Gasteiger partial charge on any atom is -0.475 e. The average Bonchev–Trinajstić information content (AvgIpc) is 3.40. The SMILES string of the molecule is CN1CCC=C(c2nsnc2OCCCCOc2nsnc2C2=CCCN(C)C2)C1. The van der Waals surface area contributed by atoms with Crippen molar-refractivity contribution in [2.24, 2.45) is 0 Å². The van der Waals surface area contributed by atoms with Crippen molar-refractivity contribution >= 4 is 34.6 Å². The summed E-state index contributed by atoms with van der Waals surface area (Å²) >= 11 is 2.42. The first-order chi connectivity index (χ1) is 14.7. The first-order valence-corrected chi connectivity index (χ1v) is 11.8. The predicted molar refractivity (Wildman–Crippen MR) is 120 cm³/mol. The van der Waals surface area contributed by atoms with Crippen LogP contribution in [-0.4, -0.2) is 80.8 Å². The van der Waals surface area contributed by atoms with Crippen molar-refractivity contribution in [2.75, 3.05) is 53.5 Å². The first kappa shape index (κ1) is 21.4. The molecular weight excluding hydrogens is 420 g/mol. The zero-order valence-electron chi connectivity index (χ0n) is 17.5. The van der Waals surface area contributed by atoms with Crippen LogP contribution >= 0.6 is 23.5 Å². The molecule has 0 unspecified atom stereocenters. The van der Waals surface area contributed by atoms with Crippen molar-refractivity contribution in [2.45, 2.75) is 25.7 Å². The summed E-state index contributed by atoms with van der Waals surface area (Å²) in [6.45, 7) is 5.16. The minimum absolute atomic E-state index is 0.600. The molecule has 0 aromatic carbocycles. The first-order valence-electron chi connectivity index (χ1n) is 10.4. The third-order valence-electron chi connectivity index (χ3n) is 5.23. The Balaban J connectivity index is 1.21. The van der Waals surface area contributed by atoms with Gasteiger partial charge in [0.1, 0.15) is 11.4 Å². The molecule has 0 spiro atoms. The van der Waals surface area contributed by atoms with Crippen LogP contribution in [0.1, 0.15) is 37.1 Å². The Morgan fingerprint density at radius 1 is 0.767 bits per heavy atom. The second-order valence-corrected chi connectivity index (χ2v) is 8.81. The van der Waals surface area contributed by atoms with Gasteiger partial charge in [-0.15, -0.1) is 8.75 Å². The van der Waals surface area contributed by atoms with Gasteiger partial charge in [0.15, 0.2) is 0 Å². The van der Waals surface area contributed by atoms with Crippen LogP contribution in [0.4, 0.5) is 0 Å². The fraction of sp³-hybridized carbons (Fsp3) is 0.600. The minimum atomic E-state index is 0.600. The molecule has 2 aromatic heterocycles. The molecule has 0 N–H and O–H groups in total. The van der Waals surface area contributed by atoms with E-state index in [0.717, 1.165) is 63.3 Å². The van der Waals surface area contributed by atoms with Gasteiger partial charge in [-0.3, -0.25) is 0 Å². The van der Waals surface area contributed by atoms with E-state index < -0.39 is 0 Å². The molecule has 0 saturated heterocycles. The Bertz CT molecular complexity index is 821. The van der Waals surface area contributed by atoms with Gasteiger partial charge in [0.25, 0.3) is 11.8 Å².